The van der Waals surface area contributed by atoms with Gasteiger partial charge in [-0.25, -0.2) is 14.3 Å². The number of nitrogens with zero attached hydrogens (tertiary/aromatic N) is 3. The molecule has 35 heavy (non-hydrogen) atoms. The number of benzene rings is 2. The zero-order valence-electron chi connectivity index (χ0n) is 19.0. The number of esters is 1. The molecule has 2 aromatic carbocycles. The number of rotatable bonds is 6. The number of fused-ring (bicyclic) bond motifs is 2. The standard InChI is InChI=1S/C25H23N5O5/c1-2-35-22(32)20-11-13-30(28-20)18-8-5-7-17(14-18)26-21(31)15-29-23(33)25(27-24(29)34)12-10-16-6-3-4-9-19(16)25/h3-9,11,13-14H,2,10,12,15H2,1H3,(H,26,31)(H,27,34). The van der Waals surface area contributed by atoms with Gasteiger partial charge in [0.25, 0.3) is 5.91 Å². The zero-order chi connectivity index (χ0) is 24.6. The average molecular weight is 473 g/mol. The van der Waals surface area contributed by atoms with Crippen LogP contribution >= 0.6 is 0 Å². The molecule has 0 saturated carbocycles. The van der Waals surface area contributed by atoms with Crippen molar-refractivity contribution in [2.24, 2.45) is 0 Å². The lowest BCUT2D eigenvalue weighted by Gasteiger charge is -2.22. The molecule has 1 atom stereocenters. The van der Waals surface area contributed by atoms with Crippen LogP contribution in [0.4, 0.5) is 10.5 Å². The van der Waals surface area contributed by atoms with E-state index < -0.39 is 35.9 Å². The van der Waals surface area contributed by atoms with Crippen LogP contribution < -0.4 is 10.6 Å². The fourth-order valence-corrected chi connectivity index (χ4v) is 4.59. The van der Waals surface area contributed by atoms with Crippen LogP contribution in [0.3, 0.4) is 0 Å². The highest BCUT2D eigenvalue weighted by molar-refractivity contribution is 6.11. The number of aromatic nitrogens is 2. The van der Waals surface area contributed by atoms with Crippen molar-refractivity contribution in [2.75, 3.05) is 18.5 Å². The summed E-state index contributed by atoms with van der Waals surface area (Å²) in [5.41, 5.74) is 1.93. The molecule has 5 rings (SSSR count). The minimum Gasteiger partial charge on any atom is -0.461 e. The SMILES string of the molecule is CCOC(=O)c1ccn(-c2cccc(NC(=O)CN3C(=O)NC4(CCc5ccccc54)C3=O)c2)n1. The maximum atomic E-state index is 13.2. The van der Waals surface area contributed by atoms with Crippen molar-refractivity contribution in [3.05, 3.63) is 77.6 Å². The van der Waals surface area contributed by atoms with Crippen LogP contribution in [0.5, 0.6) is 0 Å². The van der Waals surface area contributed by atoms with Crippen LogP contribution in [0, 0.1) is 0 Å². The average Bonchev–Trinajstić information content (AvgIpc) is 3.54. The van der Waals surface area contributed by atoms with Gasteiger partial charge in [-0.1, -0.05) is 30.3 Å². The number of aryl methyl sites for hydroxylation is 1. The molecule has 10 heteroatoms. The summed E-state index contributed by atoms with van der Waals surface area (Å²) >= 11 is 0. The summed E-state index contributed by atoms with van der Waals surface area (Å²) in [4.78, 5) is 51.5. The number of carbonyl (C=O) groups excluding carboxylic acids is 4. The van der Waals surface area contributed by atoms with E-state index in [0.29, 0.717) is 24.2 Å². The number of hydrogen-bond donors (Lipinski definition) is 2. The second-order valence-electron chi connectivity index (χ2n) is 8.35. The Labute approximate surface area is 200 Å². The number of carbonyl (C=O) groups is 4. The molecule has 1 aromatic heterocycles. The number of urea groups is 1. The van der Waals surface area contributed by atoms with Crippen molar-refractivity contribution in [3.63, 3.8) is 0 Å². The highest BCUT2D eigenvalue weighted by Gasteiger charge is 2.55. The van der Waals surface area contributed by atoms with Gasteiger partial charge in [0, 0.05) is 11.9 Å². The Morgan fingerprint density at radius 1 is 1.14 bits per heavy atom. The maximum absolute atomic E-state index is 13.2. The van der Waals surface area contributed by atoms with Crippen LogP contribution in [-0.4, -0.2) is 51.6 Å². The van der Waals surface area contributed by atoms with Gasteiger partial charge in [0.05, 0.1) is 12.3 Å². The number of nitrogens with one attached hydrogen (secondary N) is 2. The Kier molecular flexibility index (Phi) is 5.56. The normalized spacial score (nSPS) is 18.5. The largest absolute Gasteiger partial charge is 0.461 e. The van der Waals surface area contributed by atoms with Crippen molar-refractivity contribution < 1.29 is 23.9 Å². The second-order valence-corrected chi connectivity index (χ2v) is 8.35. The lowest BCUT2D eigenvalue weighted by atomic mass is 9.92. The van der Waals surface area contributed by atoms with E-state index in [9.17, 15) is 19.2 Å². The summed E-state index contributed by atoms with van der Waals surface area (Å²) in [6, 6.07) is 15.3. The minimum absolute atomic E-state index is 0.169. The Hall–Kier alpha value is -4.47. The maximum Gasteiger partial charge on any atom is 0.358 e. The van der Waals surface area contributed by atoms with Crippen LogP contribution in [0.2, 0.25) is 0 Å². The number of imide groups is 1. The van der Waals surface area contributed by atoms with E-state index >= 15 is 0 Å². The lowest BCUT2D eigenvalue weighted by Crippen LogP contribution is -2.43. The summed E-state index contributed by atoms with van der Waals surface area (Å²) in [7, 11) is 0. The predicted octanol–water partition coefficient (Wildman–Crippen LogP) is 2.38. The van der Waals surface area contributed by atoms with Crippen LogP contribution in [0.15, 0.2) is 60.8 Å². The van der Waals surface area contributed by atoms with Gasteiger partial charge in [0.15, 0.2) is 5.69 Å². The minimum atomic E-state index is -1.11. The summed E-state index contributed by atoms with van der Waals surface area (Å²) in [6.07, 6.45) is 2.76. The summed E-state index contributed by atoms with van der Waals surface area (Å²) in [5.74, 6) is -1.45. The zero-order valence-corrected chi connectivity index (χ0v) is 19.0. The molecule has 3 aromatic rings. The van der Waals surface area contributed by atoms with Crippen molar-refractivity contribution >= 4 is 29.5 Å². The Morgan fingerprint density at radius 3 is 2.80 bits per heavy atom. The molecule has 1 aliphatic carbocycles. The first-order valence-electron chi connectivity index (χ1n) is 11.3. The summed E-state index contributed by atoms with van der Waals surface area (Å²) in [5, 5.41) is 9.74. The number of ether oxygens (including phenoxy) is 1. The number of hydrogen-bond acceptors (Lipinski definition) is 6. The molecule has 1 spiro atoms. The third kappa shape index (κ3) is 3.92. The van der Waals surface area contributed by atoms with Gasteiger partial charge in [0.1, 0.15) is 12.1 Å². The van der Waals surface area contributed by atoms with E-state index in [1.54, 1.807) is 37.4 Å². The van der Waals surface area contributed by atoms with Crippen LogP contribution in [0.1, 0.15) is 35.0 Å². The van der Waals surface area contributed by atoms with Crippen LogP contribution in [-0.2, 0) is 26.3 Å². The number of anilines is 1. The third-order valence-corrected chi connectivity index (χ3v) is 6.19. The Bertz CT molecular complexity index is 1350. The van der Waals surface area contributed by atoms with Gasteiger partial charge in [-0.15, -0.1) is 0 Å². The Balaban J connectivity index is 1.28. The smallest absolute Gasteiger partial charge is 0.358 e. The van der Waals surface area contributed by atoms with E-state index in [2.05, 4.69) is 15.7 Å². The van der Waals surface area contributed by atoms with Crippen molar-refractivity contribution in [2.45, 2.75) is 25.3 Å². The van der Waals surface area contributed by atoms with Crippen molar-refractivity contribution in [1.29, 1.82) is 0 Å². The molecular weight excluding hydrogens is 450 g/mol. The number of amides is 4. The van der Waals surface area contributed by atoms with E-state index in [4.69, 9.17) is 4.74 Å². The fraction of sp³-hybridized carbons (Fsp3) is 0.240. The van der Waals surface area contributed by atoms with Gasteiger partial charge in [-0.3, -0.25) is 14.5 Å². The van der Waals surface area contributed by atoms with Crippen LogP contribution in [0.25, 0.3) is 5.69 Å². The second kappa shape index (κ2) is 8.71. The molecule has 1 aliphatic heterocycles. The van der Waals surface area contributed by atoms with Gasteiger partial charge in [-0.05, 0) is 55.2 Å². The van der Waals surface area contributed by atoms with Crippen molar-refractivity contribution in [1.82, 2.24) is 20.0 Å². The van der Waals surface area contributed by atoms with E-state index in [0.717, 1.165) is 16.0 Å². The third-order valence-electron chi connectivity index (χ3n) is 6.19. The fourth-order valence-electron chi connectivity index (χ4n) is 4.59. The first-order chi connectivity index (χ1) is 16.9. The van der Waals surface area contributed by atoms with Crippen molar-refractivity contribution in [3.8, 4) is 5.69 Å². The lowest BCUT2D eigenvalue weighted by molar-refractivity contribution is -0.134. The van der Waals surface area contributed by atoms with Gasteiger partial charge < -0.3 is 15.4 Å². The van der Waals surface area contributed by atoms with Gasteiger partial charge in [-0.2, -0.15) is 5.10 Å². The van der Waals surface area contributed by atoms with E-state index in [1.165, 1.54) is 10.7 Å². The molecule has 4 amide bonds. The molecule has 1 unspecified atom stereocenters. The summed E-state index contributed by atoms with van der Waals surface area (Å²) < 4.78 is 6.44. The van der Waals surface area contributed by atoms with Gasteiger partial charge >= 0.3 is 12.0 Å². The molecule has 2 aliphatic rings. The summed E-state index contributed by atoms with van der Waals surface area (Å²) in [6.45, 7) is 1.55. The molecule has 10 nitrogen and oxygen atoms in total. The van der Waals surface area contributed by atoms with Gasteiger partial charge in [0.2, 0.25) is 5.91 Å². The highest BCUT2D eigenvalue weighted by Crippen LogP contribution is 2.41. The molecule has 2 heterocycles. The predicted molar refractivity (Wildman–Crippen MR) is 125 cm³/mol. The highest BCUT2D eigenvalue weighted by atomic mass is 16.5. The molecule has 0 bridgehead atoms. The molecular formula is C25H23N5O5. The van der Waals surface area contributed by atoms with E-state index in [1.807, 2.05) is 24.3 Å². The van der Waals surface area contributed by atoms with E-state index in [-0.39, 0.29) is 12.3 Å². The molecule has 1 fully saturated rings. The molecule has 0 radical (unpaired) electrons. The first-order valence-corrected chi connectivity index (χ1v) is 11.3. The molecule has 1 saturated heterocycles. The molecule has 2 N–H and O–H groups in total. The quantitative estimate of drug-likeness (QED) is 0.419. The monoisotopic (exact) mass is 473 g/mol. The molecule has 178 valence electrons. The first kappa shape index (κ1) is 22.3. The Morgan fingerprint density at radius 2 is 1.97 bits per heavy atom. The topological polar surface area (TPSA) is 123 Å².